The Morgan fingerprint density at radius 3 is 2.65 bits per heavy atom. The summed E-state index contributed by atoms with van der Waals surface area (Å²) in [5.74, 6) is 0.431. The molecule has 3 rings (SSSR count). The van der Waals surface area contributed by atoms with Crippen LogP contribution in [0, 0.1) is 0 Å². The molecule has 26 heavy (non-hydrogen) atoms. The molecule has 1 aliphatic heterocycles. The molecule has 2 aromatic rings. The van der Waals surface area contributed by atoms with E-state index in [9.17, 15) is 14.7 Å². The number of nitrogens with zero attached hydrogens (tertiary/aromatic N) is 1. The standard InChI is InChI=1S/C20H21NO5/c1-2-21(12-14-7-9-17-18(11-14)26-13-25-17)19(22)10-8-15-5-3-4-6-16(15)20(23)24/h3-7,9,11H,2,8,10,12-13H2,1H3,(H,23,24). The van der Waals surface area contributed by atoms with Crippen LogP contribution in [0.25, 0.3) is 0 Å². The summed E-state index contributed by atoms with van der Waals surface area (Å²) in [6.07, 6.45) is 0.668. The number of benzene rings is 2. The molecular formula is C20H21NO5. The van der Waals surface area contributed by atoms with Crippen LogP contribution in [0.3, 0.4) is 0 Å². The average molecular weight is 355 g/mol. The zero-order valence-electron chi connectivity index (χ0n) is 14.6. The van der Waals surface area contributed by atoms with Gasteiger partial charge in [0.15, 0.2) is 11.5 Å². The van der Waals surface area contributed by atoms with Crippen molar-refractivity contribution in [2.24, 2.45) is 0 Å². The van der Waals surface area contributed by atoms with E-state index in [4.69, 9.17) is 9.47 Å². The second kappa shape index (κ2) is 7.91. The van der Waals surface area contributed by atoms with Gasteiger partial charge in [0.1, 0.15) is 0 Å². The maximum absolute atomic E-state index is 12.6. The molecule has 1 N–H and O–H groups in total. The summed E-state index contributed by atoms with van der Waals surface area (Å²) in [5.41, 5.74) is 1.89. The van der Waals surface area contributed by atoms with E-state index < -0.39 is 5.97 Å². The van der Waals surface area contributed by atoms with Crippen molar-refractivity contribution in [1.82, 2.24) is 4.90 Å². The minimum Gasteiger partial charge on any atom is -0.478 e. The number of carbonyl (C=O) groups is 2. The maximum atomic E-state index is 12.6. The predicted octanol–water partition coefficient (Wildman–Crippen LogP) is 3.09. The Morgan fingerprint density at radius 2 is 1.88 bits per heavy atom. The van der Waals surface area contributed by atoms with Gasteiger partial charge in [0.25, 0.3) is 0 Å². The molecule has 0 aromatic heterocycles. The van der Waals surface area contributed by atoms with Crippen LogP contribution in [0.2, 0.25) is 0 Å². The average Bonchev–Trinajstić information content (AvgIpc) is 3.12. The lowest BCUT2D eigenvalue weighted by atomic mass is 10.0. The van der Waals surface area contributed by atoms with Gasteiger partial charge < -0.3 is 19.5 Å². The van der Waals surface area contributed by atoms with Gasteiger partial charge in [0, 0.05) is 19.5 Å². The number of amides is 1. The minimum atomic E-state index is -0.972. The number of carboxylic acids is 1. The van der Waals surface area contributed by atoms with E-state index in [0.717, 1.165) is 5.56 Å². The Bertz CT molecular complexity index is 818. The molecule has 0 aliphatic carbocycles. The molecule has 0 spiro atoms. The molecule has 0 radical (unpaired) electrons. The number of carbonyl (C=O) groups excluding carboxylic acids is 1. The fraction of sp³-hybridized carbons (Fsp3) is 0.300. The largest absolute Gasteiger partial charge is 0.478 e. The Labute approximate surface area is 152 Å². The first kappa shape index (κ1) is 17.8. The second-order valence-electron chi connectivity index (χ2n) is 6.06. The first-order valence-electron chi connectivity index (χ1n) is 8.56. The van der Waals surface area contributed by atoms with E-state index in [1.165, 1.54) is 0 Å². The van der Waals surface area contributed by atoms with Crippen LogP contribution in [0.4, 0.5) is 0 Å². The van der Waals surface area contributed by atoms with Crippen LogP contribution in [0.5, 0.6) is 11.5 Å². The van der Waals surface area contributed by atoms with Crippen LogP contribution in [0.15, 0.2) is 42.5 Å². The van der Waals surface area contributed by atoms with Crippen molar-refractivity contribution < 1.29 is 24.2 Å². The van der Waals surface area contributed by atoms with Crippen molar-refractivity contribution in [3.05, 3.63) is 59.2 Å². The van der Waals surface area contributed by atoms with E-state index >= 15 is 0 Å². The zero-order valence-corrected chi connectivity index (χ0v) is 14.6. The molecule has 1 heterocycles. The highest BCUT2D eigenvalue weighted by Gasteiger charge is 2.17. The van der Waals surface area contributed by atoms with Crippen LogP contribution in [-0.4, -0.2) is 35.2 Å². The van der Waals surface area contributed by atoms with Gasteiger partial charge in [-0.05, 0) is 42.7 Å². The molecule has 0 saturated carbocycles. The molecule has 6 nitrogen and oxygen atoms in total. The molecule has 1 aliphatic rings. The van der Waals surface area contributed by atoms with E-state index in [0.29, 0.717) is 36.6 Å². The Morgan fingerprint density at radius 1 is 1.12 bits per heavy atom. The summed E-state index contributed by atoms with van der Waals surface area (Å²) in [7, 11) is 0. The Hall–Kier alpha value is -3.02. The molecule has 0 atom stereocenters. The van der Waals surface area contributed by atoms with Crippen LogP contribution in [-0.2, 0) is 17.8 Å². The summed E-state index contributed by atoms with van der Waals surface area (Å²) >= 11 is 0. The zero-order chi connectivity index (χ0) is 18.5. The predicted molar refractivity (Wildman–Crippen MR) is 95.4 cm³/mol. The van der Waals surface area contributed by atoms with Crippen molar-refractivity contribution in [1.29, 1.82) is 0 Å². The number of fused-ring (bicyclic) bond motifs is 1. The molecule has 1 amide bonds. The molecule has 0 fully saturated rings. The summed E-state index contributed by atoms with van der Waals surface area (Å²) < 4.78 is 10.7. The van der Waals surface area contributed by atoms with Crippen LogP contribution in [0.1, 0.15) is 34.8 Å². The molecule has 2 aromatic carbocycles. The molecule has 0 bridgehead atoms. The lowest BCUT2D eigenvalue weighted by molar-refractivity contribution is -0.131. The molecule has 6 heteroatoms. The van der Waals surface area contributed by atoms with Gasteiger partial charge in [-0.25, -0.2) is 4.79 Å². The first-order valence-corrected chi connectivity index (χ1v) is 8.56. The van der Waals surface area contributed by atoms with Crippen molar-refractivity contribution in [3.8, 4) is 11.5 Å². The quantitative estimate of drug-likeness (QED) is 0.826. The van der Waals surface area contributed by atoms with E-state index in [1.54, 1.807) is 29.2 Å². The summed E-state index contributed by atoms with van der Waals surface area (Å²) in [4.78, 5) is 25.6. The highest BCUT2D eigenvalue weighted by Crippen LogP contribution is 2.32. The topological polar surface area (TPSA) is 76.1 Å². The van der Waals surface area contributed by atoms with Gasteiger partial charge in [-0.2, -0.15) is 0 Å². The lowest BCUT2D eigenvalue weighted by Gasteiger charge is -2.21. The number of carboxylic acid groups (broad SMARTS) is 1. The van der Waals surface area contributed by atoms with Gasteiger partial charge in [-0.1, -0.05) is 24.3 Å². The van der Waals surface area contributed by atoms with Crippen molar-refractivity contribution >= 4 is 11.9 Å². The Kier molecular flexibility index (Phi) is 5.41. The maximum Gasteiger partial charge on any atom is 0.335 e. The van der Waals surface area contributed by atoms with Crippen molar-refractivity contribution in [2.45, 2.75) is 26.3 Å². The van der Waals surface area contributed by atoms with E-state index in [2.05, 4.69) is 0 Å². The van der Waals surface area contributed by atoms with Gasteiger partial charge in [-0.3, -0.25) is 4.79 Å². The number of rotatable bonds is 7. The van der Waals surface area contributed by atoms with Crippen LogP contribution < -0.4 is 9.47 Å². The fourth-order valence-electron chi connectivity index (χ4n) is 2.98. The summed E-state index contributed by atoms with van der Waals surface area (Å²) in [6.45, 7) is 3.20. The third kappa shape index (κ3) is 3.96. The van der Waals surface area contributed by atoms with Gasteiger partial charge in [0.05, 0.1) is 5.56 Å². The fourth-order valence-corrected chi connectivity index (χ4v) is 2.98. The highest BCUT2D eigenvalue weighted by atomic mass is 16.7. The number of hydrogen-bond acceptors (Lipinski definition) is 4. The molecular weight excluding hydrogens is 334 g/mol. The summed E-state index contributed by atoms with van der Waals surface area (Å²) in [6, 6.07) is 12.4. The van der Waals surface area contributed by atoms with Crippen molar-refractivity contribution in [2.75, 3.05) is 13.3 Å². The molecule has 0 unspecified atom stereocenters. The third-order valence-corrected chi connectivity index (χ3v) is 4.40. The first-order chi connectivity index (χ1) is 12.6. The minimum absolute atomic E-state index is 0.00893. The van der Waals surface area contributed by atoms with E-state index in [1.807, 2.05) is 25.1 Å². The highest BCUT2D eigenvalue weighted by molar-refractivity contribution is 5.89. The van der Waals surface area contributed by atoms with Crippen LogP contribution >= 0.6 is 0 Å². The molecule has 136 valence electrons. The van der Waals surface area contributed by atoms with Crippen molar-refractivity contribution in [3.63, 3.8) is 0 Å². The normalized spacial score (nSPS) is 12.0. The smallest absolute Gasteiger partial charge is 0.335 e. The number of aryl methyl sites for hydroxylation is 1. The van der Waals surface area contributed by atoms with Gasteiger partial charge in [-0.15, -0.1) is 0 Å². The summed E-state index contributed by atoms with van der Waals surface area (Å²) in [5, 5.41) is 9.24. The van der Waals surface area contributed by atoms with E-state index in [-0.39, 0.29) is 24.7 Å². The Balaban J connectivity index is 1.63. The third-order valence-electron chi connectivity index (χ3n) is 4.40. The monoisotopic (exact) mass is 355 g/mol. The lowest BCUT2D eigenvalue weighted by Crippen LogP contribution is -2.30. The number of ether oxygens (including phenoxy) is 2. The van der Waals surface area contributed by atoms with Gasteiger partial charge >= 0.3 is 5.97 Å². The number of aromatic carboxylic acids is 1. The second-order valence-corrected chi connectivity index (χ2v) is 6.06. The van der Waals surface area contributed by atoms with Gasteiger partial charge in [0.2, 0.25) is 12.7 Å². The SMILES string of the molecule is CCN(Cc1ccc2c(c1)OCO2)C(=O)CCc1ccccc1C(=O)O. The molecule has 0 saturated heterocycles. The number of hydrogen-bond donors (Lipinski definition) is 1.